The highest BCUT2D eigenvalue weighted by molar-refractivity contribution is 4.78. The van der Waals surface area contributed by atoms with E-state index >= 15 is 0 Å². The number of hydrogen-bond acceptors (Lipinski definition) is 3. The van der Waals surface area contributed by atoms with Gasteiger partial charge in [0.15, 0.2) is 0 Å². The fraction of sp³-hybridized carbons (Fsp3) is 1.00. The fourth-order valence-corrected chi connectivity index (χ4v) is 2.04. The summed E-state index contributed by atoms with van der Waals surface area (Å²) >= 11 is 0. The Labute approximate surface area is 79.5 Å². The minimum absolute atomic E-state index is 0.0247. The van der Waals surface area contributed by atoms with E-state index in [1.807, 2.05) is 0 Å². The van der Waals surface area contributed by atoms with E-state index in [1.54, 1.807) is 0 Å². The fourth-order valence-electron chi connectivity index (χ4n) is 2.04. The Balaban J connectivity index is 1.59. The van der Waals surface area contributed by atoms with Crippen molar-refractivity contribution in [3.8, 4) is 0 Å². The molecule has 2 aliphatic rings. The van der Waals surface area contributed by atoms with E-state index < -0.39 is 0 Å². The summed E-state index contributed by atoms with van der Waals surface area (Å²) in [4.78, 5) is 0. The maximum atomic E-state index is 9.32. The topological polar surface area (TPSA) is 41.5 Å². The molecule has 0 unspecified atom stereocenters. The normalized spacial score (nSPS) is 35.8. The lowest BCUT2D eigenvalue weighted by atomic mass is 9.87. The van der Waals surface area contributed by atoms with Gasteiger partial charge >= 0.3 is 0 Å². The average Bonchev–Trinajstić information content (AvgIpc) is 2.05. The predicted octanol–water partition coefficient (Wildman–Crippen LogP) is 0.526. The molecule has 1 saturated heterocycles. The largest absolute Gasteiger partial charge is 0.393 e. The zero-order valence-electron chi connectivity index (χ0n) is 8.04. The van der Waals surface area contributed by atoms with E-state index in [0.717, 1.165) is 38.5 Å². The summed E-state index contributed by atoms with van der Waals surface area (Å²) in [6.07, 6.45) is 4.33. The molecule has 13 heavy (non-hydrogen) atoms. The van der Waals surface area contributed by atoms with E-state index in [-0.39, 0.29) is 6.10 Å². The van der Waals surface area contributed by atoms with Gasteiger partial charge in [-0.3, -0.25) is 0 Å². The van der Waals surface area contributed by atoms with Crippen molar-refractivity contribution in [2.24, 2.45) is 5.92 Å². The van der Waals surface area contributed by atoms with Gasteiger partial charge in [0, 0.05) is 0 Å². The number of hydrogen-bond donors (Lipinski definition) is 2. The Bertz CT molecular complexity index is 151. The number of rotatable bonds is 3. The van der Waals surface area contributed by atoms with Crippen LogP contribution in [0.15, 0.2) is 0 Å². The standard InChI is InChI=1S/C10H19NO2/c12-10-3-1-8(2-4-10)5-11-9-6-13-7-9/h8-12H,1-7H2. The maximum absolute atomic E-state index is 9.32. The molecule has 2 fully saturated rings. The lowest BCUT2D eigenvalue weighted by molar-refractivity contribution is -0.00800. The first-order valence-corrected chi connectivity index (χ1v) is 5.34. The number of nitrogens with one attached hydrogen (secondary N) is 1. The van der Waals surface area contributed by atoms with Gasteiger partial charge in [0.05, 0.1) is 25.4 Å². The number of ether oxygens (including phenoxy) is 1. The van der Waals surface area contributed by atoms with Crippen molar-refractivity contribution in [2.45, 2.75) is 37.8 Å². The van der Waals surface area contributed by atoms with Gasteiger partial charge in [0.1, 0.15) is 0 Å². The molecule has 0 aromatic rings. The Hall–Kier alpha value is -0.120. The van der Waals surface area contributed by atoms with Crippen molar-refractivity contribution in [3.63, 3.8) is 0 Å². The minimum atomic E-state index is -0.0247. The van der Waals surface area contributed by atoms with Crippen LogP contribution in [-0.4, -0.2) is 37.0 Å². The maximum Gasteiger partial charge on any atom is 0.0643 e. The molecule has 3 nitrogen and oxygen atoms in total. The number of aliphatic hydroxyl groups excluding tert-OH is 1. The summed E-state index contributed by atoms with van der Waals surface area (Å²) < 4.78 is 5.09. The third-order valence-electron chi connectivity index (χ3n) is 3.15. The highest BCUT2D eigenvalue weighted by atomic mass is 16.5. The second-order valence-corrected chi connectivity index (χ2v) is 4.32. The Kier molecular flexibility index (Phi) is 3.19. The monoisotopic (exact) mass is 185 g/mol. The van der Waals surface area contributed by atoms with Gasteiger partial charge in [-0.1, -0.05) is 0 Å². The summed E-state index contributed by atoms with van der Waals surface area (Å²) in [6, 6.07) is 0.604. The molecule has 1 aliphatic carbocycles. The van der Waals surface area contributed by atoms with Crippen LogP contribution in [0.25, 0.3) is 0 Å². The van der Waals surface area contributed by atoms with Crippen LogP contribution < -0.4 is 5.32 Å². The summed E-state index contributed by atoms with van der Waals surface area (Å²) in [5.74, 6) is 0.781. The number of aliphatic hydroxyl groups is 1. The molecular weight excluding hydrogens is 166 g/mol. The summed E-state index contributed by atoms with van der Waals surface area (Å²) in [7, 11) is 0. The average molecular weight is 185 g/mol. The highest BCUT2D eigenvalue weighted by Gasteiger charge is 2.22. The van der Waals surface area contributed by atoms with Crippen molar-refractivity contribution < 1.29 is 9.84 Å². The van der Waals surface area contributed by atoms with Crippen LogP contribution in [0.5, 0.6) is 0 Å². The zero-order chi connectivity index (χ0) is 9.10. The molecule has 0 bridgehead atoms. The second kappa shape index (κ2) is 4.40. The first kappa shape index (κ1) is 9.44. The second-order valence-electron chi connectivity index (χ2n) is 4.32. The molecule has 0 aromatic heterocycles. The Morgan fingerprint density at radius 3 is 2.38 bits per heavy atom. The smallest absolute Gasteiger partial charge is 0.0643 e. The molecule has 0 amide bonds. The quantitative estimate of drug-likeness (QED) is 0.674. The Morgan fingerprint density at radius 2 is 1.85 bits per heavy atom. The van der Waals surface area contributed by atoms with Gasteiger partial charge in [0.25, 0.3) is 0 Å². The van der Waals surface area contributed by atoms with Crippen molar-refractivity contribution in [1.82, 2.24) is 5.32 Å². The van der Waals surface area contributed by atoms with Crippen LogP contribution in [-0.2, 0) is 4.74 Å². The van der Waals surface area contributed by atoms with Crippen LogP contribution in [0, 0.1) is 5.92 Å². The molecule has 76 valence electrons. The van der Waals surface area contributed by atoms with Crippen LogP contribution in [0.3, 0.4) is 0 Å². The van der Waals surface area contributed by atoms with E-state index in [0.29, 0.717) is 6.04 Å². The third-order valence-corrected chi connectivity index (χ3v) is 3.15. The van der Waals surface area contributed by atoms with Gasteiger partial charge in [-0.05, 0) is 38.1 Å². The van der Waals surface area contributed by atoms with E-state index in [1.165, 1.54) is 12.8 Å². The van der Waals surface area contributed by atoms with Gasteiger partial charge in [-0.15, -0.1) is 0 Å². The molecule has 0 aromatic carbocycles. The van der Waals surface area contributed by atoms with E-state index in [2.05, 4.69) is 5.32 Å². The van der Waals surface area contributed by atoms with Crippen molar-refractivity contribution >= 4 is 0 Å². The molecule has 2 rings (SSSR count). The molecule has 0 atom stereocenters. The van der Waals surface area contributed by atoms with Gasteiger partial charge in [-0.25, -0.2) is 0 Å². The lowest BCUT2D eigenvalue weighted by Crippen LogP contribution is -2.47. The van der Waals surface area contributed by atoms with Crippen molar-refractivity contribution in [1.29, 1.82) is 0 Å². The molecule has 3 heteroatoms. The molecule has 1 heterocycles. The Morgan fingerprint density at radius 1 is 1.15 bits per heavy atom. The van der Waals surface area contributed by atoms with Crippen LogP contribution in [0.1, 0.15) is 25.7 Å². The molecular formula is C10H19NO2. The molecule has 2 N–H and O–H groups in total. The van der Waals surface area contributed by atoms with Gasteiger partial charge < -0.3 is 15.2 Å². The highest BCUT2D eigenvalue weighted by Crippen LogP contribution is 2.23. The molecule has 0 spiro atoms. The van der Waals surface area contributed by atoms with Crippen LogP contribution >= 0.6 is 0 Å². The first-order valence-electron chi connectivity index (χ1n) is 5.34. The molecule has 1 saturated carbocycles. The van der Waals surface area contributed by atoms with Crippen LogP contribution in [0.4, 0.5) is 0 Å². The van der Waals surface area contributed by atoms with Crippen molar-refractivity contribution in [3.05, 3.63) is 0 Å². The summed E-state index contributed by atoms with van der Waals surface area (Å²) in [6.45, 7) is 2.88. The lowest BCUT2D eigenvalue weighted by Gasteiger charge is -2.31. The SMILES string of the molecule is OC1CCC(CNC2COC2)CC1. The predicted molar refractivity (Wildman–Crippen MR) is 50.6 cm³/mol. The zero-order valence-corrected chi connectivity index (χ0v) is 8.04. The van der Waals surface area contributed by atoms with Crippen LogP contribution in [0.2, 0.25) is 0 Å². The summed E-state index contributed by atoms with van der Waals surface area (Å²) in [5.41, 5.74) is 0. The van der Waals surface area contributed by atoms with Gasteiger partial charge in [-0.2, -0.15) is 0 Å². The summed E-state index contributed by atoms with van der Waals surface area (Å²) in [5, 5.41) is 12.8. The minimum Gasteiger partial charge on any atom is -0.393 e. The van der Waals surface area contributed by atoms with E-state index in [9.17, 15) is 5.11 Å². The first-order chi connectivity index (χ1) is 6.34. The molecule has 1 aliphatic heterocycles. The third kappa shape index (κ3) is 2.66. The van der Waals surface area contributed by atoms with Crippen molar-refractivity contribution in [2.75, 3.05) is 19.8 Å². The van der Waals surface area contributed by atoms with Gasteiger partial charge in [0.2, 0.25) is 0 Å². The van der Waals surface area contributed by atoms with E-state index in [4.69, 9.17) is 4.74 Å². The molecule has 0 radical (unpaired) electrons.